The quantitative estimate of drug-likeness (QED) is 0.512. The van der Waals surface area contributed by atoms with E-state index in [1.807, 2.05) is 6.07 Å². The summed E-state index contributed by atoms with van der Waals surface area (Å²) in [5, 5.41) is 1.80. The van der Waals surface area contributed by atoms with Crippen LogP contribution in [0.15, 0.2) is 45.7 Å². The summed E-state index contributed by atoms with van der Waals surface area (Å²) in [5.74, 6) is 0. The molecule has 0 saturated heterocycles. The molecular weight excluding hydrogens is 238 g/mol. The lowest BCUT2D eigenvalue weighted by molar-refractivity contribution is 0.564. The number of nitrogen functional groups attached to an aromatic ring is 1. The molecule has 3 N–H and O–H groups in total. The van der Waals surface area contributed by atoms with Crippen LogP contribution in [0.25, 0.3) is 21.9 Å². The lowest BCUT2D eigenvalue weighted by Gasteiger charge is -1.94. The summed E-state index contributed by atoms with van der Waals surface area (Å²) in [6, 6.07) is 10.3. The van der Waals surface area contributed by atoms with Crippen LogP contribution in [0.5, 0.6) is 0 Å². The van der Waals surface area contributed by atoms with E-state index < -0.39 is 11.1 Å². The number of nitrogens with two attached hydrogens (primary N) is 1. The van der Waals surface area contributed by atoms with Crippen LogP contribution in [0.2, 0.25) is 0 Å². The maximum atomic E-state index is 11.0. The van der Waals surface area contributed by atoms with Gasteiger partial charge in [-0.1, -0.05) is 0 Å². The minimum absolute atomic E-state index is 0.324. The molecule has 0 amide bonds. The topological polar surface area (TPSA) is 76.5 Å². The van der Waals surface area contributed by atoms with Crippen molar-refractivity contribution >= 4 is 38.7 Å². The number of benzene rings is 2. The molecular formula is C12H9NO3S. The second-order valence-corrected chi connectivity index (χ2v) is 4.73. The molecule has 1 unspecified atom stereocenters. The molecule has 3 rings (SSSR count). The molecule has 0 spiro atoms. The molecule has 1 atom stereocenters. The summed E-state index contributed by atoms with van der Waals surface area (Å²) in [4.78, 5) is 0.324. The van der Waals surface area contributed by atoms with Gasteiger partial charge in [-0.15, -0.1) is 0 Å². The van der Waals surface area contributed by atoms with Gasteiger partial charge in [-0.05, 0) is 36.4 Å². The predicted octanol–water partition coefficient (Wildman–Crippen LogP) is 2.75. The van der Waals surface area contributed by atoms with Crippen LogP contribution in [0.3, 0.4) is 0 Å². The van der Waals surface area contributed by atoms with Gasteiger partial charge in [0.15, 0.2) is 11.1 Å². The van der Waals surface area contributed by atoms with Gasteiger partial charge in [0.2, 0.25) is 0 Å². The Balaban J connectivity index is 2.39. The molecule has 1 aromatic heterocycles. The van der Waals surface area contributed by atoms with E-state index in [2.05, 4.69) is 0 Å². The van der Waals surface area contributed by atoms with Gasteiger partial charge in [-0.3, -0.25) is 0 Å². The van der Waals surface area contributed by atoms with E-state index in [0.29, 0.717) is 16.2 Å². The monoisotopic (exact) mass is 247 g/mol. The first-order valence-electron chi connectivity index (χ1n) is 4.98. The molecule has 5 heteroatoms. The van der Waals surface area contributed by atoms with Crippen molar-refractivity contribution in [1.82, 2.24) is 0 Å². The molecule has 0 aliphatic carbocycles. The smallest absolute Gasteiger partial charge is 0.186 e. The zero-order chi connectivity index (χ0) is 12.0. The van der Waals surface area contributed by atoms with Crippen molar-refractivity contribution in [2.45, 2.75) is 4.90 Å². The van der Waals surface area contributed by atoms with Crippen LogP contribution in [-0.2, 0) is 11.1 Å². The molecule has 4 nitrogen and oxygen atoms in total. The van der Waals surface area contributed by atoms with E-state index in [-0.39, 0.29) is 0 Å². The van der Waals surface area contributed by atoms with Crippen molar-refractivity contribution in [2.75, 3.05) is 5.73 Å². The Bertz CT molecular complexity index is 748. The number of furan rings is 1. The zero-order valence-electron chi connectivity index (χ0n) is 8.71. The van der Waals surface area contributed by atoms with E-state index in [9.17, 15) is 4.21 Å². The third-order valence-electron chi connectivity index (χ3n) is 2.67. The maximum Gasteiger partial charge on any atom is 0.186 e. The van der Waals surface area contributed by atoms with Gasteiger partial charge in [0.25, 0.3) is 0 Å². The van der Waals surface area contributed by atoms with E-state index in [1.165, 1.54) is 0 Å². The highest BCUT2D eigenvalue weighted by Crippen LogP contribution is 2.31. The zero-order valence-corrected chi connectivity index (χ0v) is 9.53. The fourth-order valence-corrected chi connectivity index (χ4v) is 2.28. The number of anilines is 1. The predicted molar refractivity (Wildman–Crippen MR) is 67.2 cm³/mol. The van der Waals surface area contributed by atoms with Gasteiger partial charge in [-0.2, -0.15) is 0 Å². The molecule has 0 bridgehead atoms. The summed E-state index contributed by atoms with van der Waals surface area (Å²) in [7, 11) is 0. The van der Waals surface area contributed by atoms with Crippen molar-refractivity contribution in [1.29, 1.82) is 0 Å². The molecule has 0 fully saturated rings. The lowest BCUT2D eigenvalue weighted by Crippen LogP contribution is -1.86. The Kier molecular flexibility index (Phi) is 2.17. The molecule has 17 heavy (non-hydrogen) atoms. The molecule has 0 aliphatic heterocycles. The van der Waals surface area contributed by atoms with Gasteiger partial charge >= 0.3 is 0 Å². The average Bonchev–Trinajstić information content (AvgIpc) is 2.66. The first-order valence-corrected chi connectivity index (χ1v) is 6.08. The highest BCUT2D eigenvalue weighted by Gasteiger charge is 2.09. The summed E-state index contributed by atoms with van der Waals surface area (Å²) < 4.78 is 25.6. The third-order valence-corrected chi connectivity index (χ3v) is 3.33. The molecule has 0 saturated carbocycles. The number of hydrogen-bond acceptors (Lipinski definition) is 3. The summed E-state index contributed by atoms with van der Waals surface area (Å²) in [6.07, 6.45) is 0. The Hall–Kier alpha value is -1.85. The first kappa shape index (κ1) is 10.3. The van der Waals surface area contributed by atoms with Gasteiger partial charge in [0.05, 0.1) is 4.90 Å². The largest absolute Gasteiger partial charge is 0.456 e. The fraction of sp³-hybridized carbons (Fsp3) is 0. The maximum absolute atomic E-state index is 11.0. The first-order chi connectivity index (χ1) is 8.15. The van der Waals surface area contributed by atoms with Crippen LogP contribution >= 0.6 is 0 Å². The number of hydrogen-bond donors (Lipinski definition) is 2. The van der Waals surface area contributed by atoms with Crippen LogP contribution < -0.4 is 5.73 Å². The van der Waals surface area contributed by atoms with E-state index in [0.717, 1.165) is 16.4 Å². The molecule has 1 heterocycles. The number of fused-ring (bicyclic) bond motifs is 3. The fourth-order valence-electron chi connectivity index (χ4n) is 1.88. The summed E-state index contributed by atoms with van der Waals surface area (Å²) >= 11 is -2.00. The number of rotatable bonds is 1. The lowest BCUT2D eigenvalue weighted by atomic mass is 10.1. The van der Waals surface area contributed by atoms with Crippen molar-refractivity contribution in [3.05, 3.63) is 36.4 Å². The normalized spacial score (nSPS) is 13.2. The van der Waals surface area contributed by atoms with Crippen LogP contribution in [0, 0.1) is 0 Å². The van der Waals surface area contributed by atoms with E-state index in [4.69, 9.17) is 14.7 Å². The Morgan fingerprint density at radius 2 is 1.88 bits per heavy atom. The van der Waals surface area contributed by atoms with E-state index in [1.54, 1.807) is 30.3 Å². The molecule has 0 aliphatic rings. The average molecular weight is 247 g/mol. The highest BCUT2D eigenvalue weighted by atomic mass is 32.2. The van der Waals surface area contributed by atoms with Crippen LogP contribution in [0.1, 0.15) is 0 Å². The Morgan fingerprint density at radius 3 is 2.65 bits per heavy atom. The minimum atomic E-state index is -2.00. The van der Waals surface area contributed by atoms with Crippen molar-refractivity contribution in [3.63, 3.8) is 0 Å². The minimum Gasteiger partial charge on any atom is -0.456 e. The molecule has 3 aromatic rings. The Morgan fingerprint density at radius 1 is 1.06 bits per heavy atom. The Labute approximate surface area is 99.3 Å². The van der Waals surface area contributed by atoms with Crippen LogP contribution in [0.4, 0.5) is 5.69 Å². The van der Waals surface area contributed by atoms with Gasteiger partial charge in [0, 0.05) is 16.5 Å². The van der Waals surface area contributed by atoms with Crippen LogP contribution in [-0.4, -0.2) is 8.76 Å². The molecule has 0 radical (unpaired) electrons. The van der Waals surface area contributed by atoms with Gasteiger partial charge in [0.1, 0.15) is 11.2 Å². The second kappa shape index (κ2) is 3.58. The van der Waals surface area contributed by atoms with Gasteiger partial charge in [-0.25, -0.2) is 4.21 Å². The molecule has 2 aromatic carbocycles. The summed E-state index contributed by atoms with van der Waals surface area (Å²) in [5.41, 5.74) is 7.69. The van der Waals surface area contributed by atoms with Gasteiger partial charge < -0.3 is 14.7 Å². The molecule has 86 valence electrons. The van der Waals surface area contributed by atoms with Crippen molar-refractivity contribution in [3.8, 4) is 0 Å². The standard InChI is InChI=1S/C12H9NO3S/c13-7-1-4-11-10(5-7)9-3-2-8(17(14)15)6-12(9)16-11/h1-6H,13H2,(H,14,15). The second-order valence-electron chi connectivity index (χ2n) is 3.76. The van der Waals surface area contributed by atoms with E-state index >= 15 is 0 Å². The highest BCUT2D eigenvalue weighted by molar-refractivity contribution is 7.79. The third kappa shape index (κ3) is 1.60. The van der Waals surface area contributed by atoms with Crippen molar-refractivity contribution < 1.29 is 13.2 Å². The SMILES string of the molecule is Nc1ccc2oc3cc(S(=O)O)ccc3c2c1. The van der Waals surface area contributed by atoms with Crippen molar-refractivity contribution in [2.24, 2.45) is 0 Å². The summed E-state index contributed by atoms with van der Waals surface area (Å²) in [6.45, 7) is 0.